The molecule has 0 saturated carbocycles. The van der Waals surface area contributed by atoms with E-state index in [1.807, 2.05) is 13.8 Å². The van der Waals surface area contributed by atoms with Gasteiger partial charge in [-0.3, -0.25) is 10.5 Å². The molecule has 0 saturated heterocycles. The van der Waals surface area contributed by atoms with Crippen LogP contribution in [0.1, 0.15) is 13.8 Å². The summed E-state index contributed by atoms with van der Waals surface area (Å²) in [6, 6.07) is 0. The molecule has 2 heterocycles. The summed E-state index contributed by atoms with van der Waals surface area (Å²) < 4.78 is 0. The first kappa shape index (κ1) is 13.0. The Kier molecular flexibility index (Phi) is 5.99. The molecule has 0 fully saturated rings. The molecule has 0 aromatic carbocycles. The maximum atomic E-state index is 8.40. The Morgan fingerprint density at radius 1 is 1.50 bits per heavy atom. The van der Waals surface area contributed by atoms with Gasteiger partial charge in [-0.2, -0.15) is 0 Å². The molecule has 14 heavy (non-hydrogen) atoms. The van der Waals surface area contributed by atoms with Crippen LogP contribution in [0.25, 0.3) is 11.2 Å². The predicted octanol–water partition coefficient (Wildman–Crippen LogP) is 0.978. The fourth-order valence-electron chi connectivity index (χ4n) is 0.738. The Hall–Kier alpha value is -1.00. The van der Waals surface area contributed by atoms with Gasteiger partial charge in [0.1, 0.15) is 5.95 Å². The Balaban J connectivity index is 0.000000531. The largest absolute Gasteiger partial charge is 0.365 e. The molecule has 0 bridgehead atoms. The Morgan fingerprint density at radius 2 is 2.21 bits per heavy atom. The maximum Gasteiger partial charge on any atom is 0.132 e. The number of anilines is 1. The van der Waals surface area contributed by atoms with E-state index < -0.39 is 0 Å². The molecule has 7 heteroatoms. The molecule has 2 aromatic rings. The van der Waals surface area contributed by atoms with Crippen molar-refractivity contribution in [3.05, 3.63) is 12.5 Å². The molecule has 0 spiro atoms. The minimum atomic E-state index is 0. The van der Waals surface area contributed by atoms with Gasteiger partial charge in [-0.15, -0.1) is 0 Å². The van der Waals surface area contributed by atoms with Crippen LogP contribution in [0.3, 0.4) is 0 Å². The number of nitrogens with zero attached hydrogens (tertiary/aromatic N) is 3. The summed E-state index contributed by atoms with van der Waals surface area (Å²) in [6.07, 6.45) is 4.08. The van der Waals surface area contributed by atoms with Crippen molar-refractivity contribution in [2.45, 2.75) is 13.8 Å². The molecule has 76 valence electrons. The van der Waals surface area contributed by atoms with Crippen molar-refractivity contribution in [2.24, 2.45) is 0 Å². The molecule has 0 aliphatic heterocycles. The second-order valence-corrected chi connectivity index (χ2v) is 1.87. The normalized spacial score (nSPS) is 8.50. The van der Waals surface area contributed by atoms with Crippen molar-refractivity contribution in [2.75, 3.05) is 5.48 Å². The molecule has 0 aliphatic rings. The van der Waals surface area contributed by atoms with Gasteiger partial charge in [0, 0.05) is 21.1 Å². The molecular formula is C7H10N5OW-. The first-order valence-electron chi connectivity index (χ1n) is 3.89. The van der Waals surface area contributed by atoms with Crippen LogP contribution in [0.5, 0.6) is 0 Å². The summed E-state index contributed by atoms with van der Waals surface area (Å²) in [5.74, 6) is 0.0876. The average Bonchev–Trinajstić information content (AvgIpc) is 2.67. The molecule has 0 unspecified atom stereocenters. The van der Waals surface area contributed by atoms with Crippen LogP contribution < -0.4 is 5.48 Å². The van der Waals surface area contributed by atoms with Gasteiger partial charge in [-0.25, -0.2) is 0 Å². The third-order valence-electron chi connectivity index (χ3n) is 1.20. The Morgan fingerprint density at radius 3 is 2.86 bits per heavy atom. The number of hydrogen-bond acceptors (Lipinski definition) is 5. The van der Waals surface area contributed by atoms with E-state index >= 15 is 0 Å². The van der Waals surface area contributed by atoms with Gasteiger partial charge in [0.25, 0.3) is 0 Å². The van der Waals surface area contributed by atoms with Gasteiger partial charge in [0.2, 0.25) is 0 Å². The number of H-pyrrole nitrogens is 1. The van der Waals surface area contributed by atoms with Gasteiger partial charge < -0.3 is 20.2 Å². The molecule has 0 radical (unpaired) electrons. The summed E-state index contributed by atoms with van der Waals surface area (Å²) in [5.41, 5.74) is 2.89. The number of aromatic amines is 1. The molecule has 0 amide bonds. The van der Waals surface area contributed by atoms with Crippen molar-refractivity contribution < 1.29 is 26.3 Å². The van der Waals surface area contributed by atoms with E-state index in [9.17, 15) is 0 Å². The number of imidazole rings is 1. The molecule has 3 N–H and O–H groups in total. The first-order valence-corrected chi connectivity index (χ1v) is 3.89. The van der Waals surface area contributed by atoms with Crippen molar-refractivity contribution >= 4 is 17.1 Å². The van der Waals surface area contributed by atoms with Crippen LogP contribution in [-0.4, -0.2) is 25.1 Å². The second kappa shape index (κ2) is 6.45. The van der Waals surface area contributed by atoms with E-state index in [1.165, 1.54) is 6.33 Å². The molecule has 2 aromatic heterocycles. The van der Waals surface area contributed by atoms with E-state index in [4.69, 9.17) is 5.21 Å². The molecule has 0 aliphatic carbocycles. The monoisotopic (exact) mass is 364 g/mol. The number of rotatable bonds is 1. The predicted molar refractivity (Wildman–Crippen MR) is 47.3 cm³/mol. The van der Waals surface area contributed by atoms with Crippen molar-refractivity contribution in [1.82, 2.24) is 19.9 Å². The summed E-state index contributed by atoms with van der Waals surface area (Å²) in [7, 11) is 0. The summed E-state index contributed by atoms with van der Waals surface area (Å²) in [6.45, 7) is 4.00. The van der Waals surface area contributed by atoms with Crippen molar-refractivity contribution in [3.8, 4) is 0 Å². The van der Waals surface area contributed by atoms with Crippen LogP contribution in [-0.2, 0) is 21.1 Å². The third-order valence-corrected chi connectivity index (χ3v) is 1.20. The van der Waals surface area contributed by atoms with E-state index in [0.717, 1.165) is 0 Å². The molecule has 6 nitrogen and oxygen atoms in total. The smallest absolute Gasteiger partial charge is 0.132 e. The van der Waals surface area contributed by atoms with E-state index in [-0.39, 0.29) is 27.0 Å². The number of fused-ring (bicyclic) bond motifs is 1. The SMILES string of the molecule is CC.ONc1n[c-]c2[nH]cnc2n1.[W]. The topological polar surface area (TPSA) is 86.7 Å². The number of hydrogen-bond donors (Lipinski definition) is 3. The van der Waals surface area contributed by atoms with Gasteiger partial charge >= 0.3 is 0 Å². The van der Waals surface area contributed by atoms with E-state index in [0.29, 0.717) is 11.2 Å². The quantitative estimate of drug-likeness (QED) is 0.519. The van der Waals surface area contributed by atoms with Crippen molar-refractivity contribution in [1.29, 1.82) is 0 Å². The third kappa shape index (κ3) is 2.75. The fourth-order valence-corrected chi connectivity index (χ4v) is 0.738. The van der Waals surface area contributed by atoms with Gasteiger partial charge in [-0.05, 0) is 11.7 Å². The zero-order valence-electron chi connectivity index (χ0n) is 7.77. The van der Waals surface area contributed by atoms with E-state index in [1.54, 1.807) is 5.48 Å². The Labute approximate surface area is 95.4 Å². The average molecular weight is 364 g/mol. The second-order valence-electron chi connectivity index (χ2n) is 1.87. The van der Waals surface area contributed by atoms with E-state index in [2.05, 4.69) is 26.1 Å². The minimum absolute atomic E-state index is 0. The van der Waals surface area contributed by atoms with Crippen LogP contribution in [0.2, 0.25) is 0 Å². The zero-order valence-corrected chi connectivity index (χ0v) is 10.7. The summed E-state index contributed by atoms with van der Waals surface area (Å²) in [5, 5.41) is 8.40. The molecular weight excluding hydrogens is 354 g/mol. The van der Waals surface area contributed by atoms with Crippen LogP contribution in [0.4, 0.5) is 5.95 Å². The Bertz CT molecular complexity index is 377. The molecule has 2 rings (SSSR count). The van der Waals surface area contributed by atoms with Crippen LogP contribution in [0, 0.1) is 6.20 Å². The van der Waals surface area contributed by atoms with Crippen LogP contribution >= 0.6 is 0 Å². The van der Waals surface area contributed by atoms with Gasteiger partial charge in [0.15, 0.2) is 0 Å². The van der Waals surface area contributed by atoms with Gasteiger partial charge in [0.05, 0.1) is 12.0 Å². The summed E-state index contributed by atoms with van der Waals surface area (Å²) in [4.78, 5) is 14.0. The fraction of sp³-hybridized carbons (Fsp3) is 0.286. The number of aromatic nitrogens is 4. The van der Waals surface area contributed by atoms with Crippen molar-refractivity contribution in [3.63, 3.8) is 0 Å². The number of nitrogens with one attached hydrogen (secondary N) is 2. The first-order chi connectivity index (χ1) is 6.40. The standard InChI is InChI=1S/C5H4N5O.C2H6.W/c11-10-5-6-1-3-4(9-5)8-2-7-3;1-2;/h2,11H,(H2,6,7,8,9,10);1-2H3;/q-1;;. The summed E-state index contributed by atoms with van der Waals surface area (Å²) >= 11 is 0. The van der Waals surface area contributed by atoms with Crippen LogP contribution in [0.15, 0.2) is 6.33 Å². The molecule has 0 atom stereocenters. The minimum Gasteiger partial charge on any atom is -0.365 e. The van der Waals surface area contributed by atoms with Gasteiger partial charge in [-0.1, -0.05) is 13.8 Å². The maximum absolute atomic E-state index is 8.40. The zero-order chi connectivity index (χ0) is 9.68.